The molecule has 188 valence electrons. The van der Waals surface area contributed by atoms with E-state index in [0.29, 0.717) is 11.6 Å². The van der Waals surface area contributed by atoms with Crippen molar-refractivity contribution >= 4 is 22.3 Å². The molecule has 2 fully saturated rings. The second-order valence-corrected chi connectivity index (χ2v) is 9.93. The van der Waals surface area contributed by atoms with Gasteiger partial charge in [0.25, 0.3) is 0 Å². The standard InChI is InChI=1S/C28H34N6O2/c1-19-11-24(12-23(18-35)32-19)33-10-4-5-22(16-33)31-14-25-17-34(15-20(2)36-25)27-8-7-21(13-29)28-26(27)6-3-9-30-28/h3,6-9,11-12,20,22,25,31,35H,4-5,10,14-18H2,1-2H3/t20-,22-,25+/m1/s1. The monoisotopic (exact) mass is 486 g/mol. The van der Waals surface area contributed by atoms with Gasteiger partial charge in [0, 0.05) is 67.4 Å². The first-order chi connectivity index (χ1) is 17.5. The van der Waals surface area contributed by atoms with Crippen LogP contribution in [0.15, 0.2) is 42.6 Å². The number of nitriles is 1. The topological polar surface area (TPSA) is 97.5 Å². The predicted molar refractivity (Wildman–Crippen MR) is 141 cm³/mol. The van der Waals surface area contributed by atoms with Crippen LogP contribution in [-0.4, -0.2) is 66.0 Å². The Bertz CT molecular complexity index is 1260. The zero-order valence-electron chi connectivity index (χ0n) is 21.0. The van der Waals surface area contributed by atoms with E-state index in [2.05, 4.69) is 44.1 Å². The van der Waals surface area contributed by atoms with Gasteiger partial charge in [-0.05, 0) is 63.1 Å². The molecule has 4 heterocycles. The second-order valence-electron chi connectivity index (χ2n) is 9.93. The number of benzene rings is 1. The molecule has 0 radical (unpaired) electrons. The lowest BCUT2D eigenvalue weighted by Gasteiger charge is -2.40. The van der Waals surface area contributed by atoms with Gasteiger partial charge in [0.05, 0.1) is 35.6 Å². The Morgan fingerprint density at radius 3 is 2.92 bits per heavy atom. The minimum atomic E-state index is -0.0392. The number of hydrogen-bond acceptors (Lipinski definition) is 8. The lowest BCUT2D eigenvalue weighted by molar-refractivity contribution is -0.0159. The Morgan fingerprint density at radius 1 is 1.19 bits per heavy atom. The fraction of sp³-hybridized carbons (Fsp3) is 0.464. The number of rotatable bonds is 6. The van der Waals surface area contributed by atoms with Gasteiger partial charge in [0.1, 0.15) is 6.07 Å². The minimum absolute atomic E-state index is 0.0392. The van der Waals surface area contributed by atoms with Gasteiger partial charge >= 0.3 is 0 Å². The average Bonchev–Trinajstić information content (AvgIpc) is 2.90. The van der Waals surface area contributed by atoms with E-state index in [-0.39, 0.29) is 18.8 Å². The van der Waals surface area contributed by atoms with Crippen LogP contribution in [0.3, 0.4) is 0 Å². The first kappa shape index (κ1) is 24.4. The molecule has 3 atom stereocenters. The van der Waals surface area contributed by atoms with Gasteiger partial charge in [-0.2, -0.15) is 5.26 Å². The molecule has 8 nitrogen and oxygen atoms in total. The molecule has 0 bridgehead atoms. The van der Waals surface area contributed by atoms with Crippen LogP contribution in [0.4, 0.5) is 11.4 Å². The van der Waals surface area contributed by atoms with Crippen molar-refractivity contribution in [3.8, 4) is 6.07 Å². The average molecular weight is 487 g/mol. The van der Waals surface area contributed by atoms with Gasteiger partial charge in [-0.25, -0.2) is 0 Å². The molecule has 0 spiro atoms. The molecule has 2 aromatic heterocycles. The summed E-state index contributed by atoms with van der Waals surface area (Å²) >= 11 is 0. The molecule has 0 unspecified atom stereocenters. The maximum atomic E-state index is 9.55. The van der Waals surface area contributed by atoms with Gasteiger partial charge in [-0.1, -0.05) is 0 Å². The third-order valence-corrected chi connectivity index (χ3v) is 7.11. The SMILES string of the molecule is Cc1cc(N2CCC[C@@H](NC[C@H]3CN(c4ccc(C#N)c5ncccc45)C[C@@H](C)O3)C2)cc(CO)n1. The summed E-state index contributed by atoms with van der Waals surface area (Å²) in [7, 11) is 0. The molecule has 8 heteroatoms. The summed E-state index contributed by atoms with van der Waals surface area (Å²) in [4.78, 5) is 13.6. The van der Waals surface area contributed by atoms with Crippen LogP contribution in [-0.2, 0) is 11.3 Å². The van der Waals surface area contributed by atoms with Crippen molar-refractivity contribution in [3.05, 3.63) is 59.5 Å². The normalized spacial score (nSPS) is 22.6. The molecule has 2 aliphatic rings. The summed E-state index contributed by atoms with van der Waals surface area (Å²) in [6.45, 7) is 8.36. The van der Waals surface area contributed by atoms with E-state index >= 15 is 0 Å². The van der Waals surface area contributed by atoms with E-state index in [1.807, 2.05) is 37.3 Å². The summed E-state index contributed by atoms with van der Waals surface area (Å²) in [5.74, 6) is 0. The maximum Gasteiger partial charge on any atom is 0.101 e. The van der Waals surface area contributed by atoms with Crippen LogP contribution in [0.25, 0.3) is 10.9 Å². The summed E-state index contributed by atoms with van der Waals surface area (Å²) in [5.41, 5.74) is 5.24. The Labute approximate surface area is 212 Å². The number of aromatic nitrogens is 2. The zero-order valence-corrected chi connectivity index (χ0v) is 21.0. The van der Waals surface area contributed by atoms with Crippen LogP contribution >= 0.6 is 0 Å². The second kappa shape index (κ2) is 10.8. The molecule has 3 aromatic rings. The van der Waals surface area contributed by atoms with E-state index in [1.54, 1.807) is 6.20 Å². The van der Waals surface area contributed by atoms with E-state index in [0.717, 1.165) is 79.2 Å². The number of nitrogens with one attached hydrogen (secondary N) is 1. The van der Waals surface area contributed by atoms with Gasteiger partial charge in [0.2, 0.25) is 0 Å². The zero-order chi connectivity index (χ0) is 25.1. The fourth-order valence-electron chi connectivity index (χ4n) is 5.54. The van der Waals surface area contributed by atoms with Crippen LogP contribution < -0.4 is 15.1 Å². The fourth-order valence-corrected chi connectivity index (χ4v) is 5.54. The number of nitrogens with zero attached hydrogens (tertiary/aromatic N) is 5. The minimum Gasteiger partial charge on any atom is -0.390 e. The highest BCUT2D eigenvalue weighted by atomic mass is 16.5. The highest BCUT2D eigenvalue weighted by Crippen LogP contribution is 2.30. The molecule has 2 saturated heterocycles. The van der Waals surface area contributed by atoms with Crippen LogP contribution in [0, 0.1) is 18.3 Å². The number of aryl methyl sites for hydroxylation is 1. The van der Waals surface area contributed by atoms with Gasteiger partial charge in [-0.15, -0.1) is 0 Å². The number of aliphatic hydroxyl groups excluding tert-OH is 1. The molecule has 0 saturated carbocycles. The van der Waals surface area contributed by atoms with E-state index in [4.69, 9.17) is 4.74 Å². The molecule has 2 aliphatic heterocycles. The van der Waals surface area contributed by atoms with Crippen molar-refractivity contribution in [3.63, 3.8) is 0 Å². The van der Waals surface area contributed by atoms with Gasteiger partial charge in [-0.3, -0.25) is 9.97 Å². The summed E-state index contributed by atoms with van der Waals surface area (Å²) in [5, 5.41) is 23.8. The number of ether oxygens (including phenoxy) is 1. The van der Waals surface area contributed by atoms with Gasteiger partial charge in [0.15, 0.2) is 0 Å². The Balaban J connectivity index is 1.25. The largest absolute Gasteiger partial charge is 0.390 e. The molecule has 36 heavy (non-hydrogen) atoms. The number of anilines is 2. The Morgan fingerprint density at radius 2 is 2.08 bits per heavy atom. The lowest BCUT2D eigenvalue weighted by atomic mass is 10.0. The summed E-state index contributed by atoms with van der Waals surface area (Å²) in [6.07, 6.45) is 4.16. The Kier molecular flexibility index (Phi) is 7.33. The smallest absolute Gasteiger partial charge is 0.101 e. The third kappa shape index (κ3) is 5.29. The van der Waals surface area contributed by atoms with Gasteiger partial charge < -0.3 is 25.0 Å². The van der Waals surface area contributed by atoms with Crippen molar-refractivity contribution in [2.45, 2.75) is 51.5 Å². The van der Waals surface area contributed by atoms with E-state index in [9.17, 15) is 10.4 Å². The molecule has 5 rings (SSSR count). The predicted octanol–water partition coefficient (Wildman–Crippen LogP) is 3.15. The van der Waals surface area contributed by atoms with E-state index < -0.39 is 0 Å². The van der Waals surface area contributed by atoms with Crippen LogP contribution in [0.1, 0.15) is 36.7 Å². The molecule has 2 N–H and O–H groups in total. The van der Waals surface area contributed by atoms with Crippen LogP contribution in [0.5, 0.6) is 0 Å². The highest BCUT2D eigenvalue weighted by molar-refractivity contribution is 5.95. The number of hydrogen-bond donors (Lipinski definition) is 2. The number of fused-ring (bicyclic) bond motifs is 1. The van der Waals surface area contributed by atoms with Crippen molar-refractivity contribution in [1.82, 2.24) is 15.3 Å². The van der Waals surface area contributed by atoms with E-state index in [1.165, 1.54) is 0 Å². The maximum absolute atomic E-state index is 9.55. The number of piperidine rings is 1. The molecular formula is C28H34N6O2. The Hall–Kier alpha value is -3.25. The van der Waals surface area contributed by atoms with Crippen LogP contribution in [0.2, 0.25) is 0 Å². The number of morpholine rings is 1. The number of aliphatic hydroxyl groups is 1. The first-order valence-electron chi connectivity index (χ1n) is 12.8. The molecule has 1 aromatic carbocycles. The summed E-state index contributed by atoms with van der Waals surface area (Å²) < 4.78 is 6.32. The van der Waals surface area contributed by atoms with Crippen molar-refractivity contribution in [2.75, 3.05) is 42.5 Å². The van der Waals surface area contributed by atoms with Crippen molar-refractivity contribution in [2.24, 2.45) is 0 Å². The first-order valence-corrected chi connectivity index (χ1v) is 12.8. The lowest BCUT2D eigenvalue weighted by Crippen LogP contribution is -2.53. The molecule has 0 amide bonds. The molecule has 0 aliphatic carbocycles. The van der Waals surface area contributed by atoms with Crippen molar-refractivity contribution in [1.29, 1.82) is 5.26 Å². The quantitative estimate of drug-likeness (QED) is 0.549. The highest BCUT2D eigenvalue weighted by Gasteiger charge is 2.28. The third-order valence-electron chi connectivity index (χ3n) is 7.11. The number of pyridine rings is 2. The van der Waals surface area contributed by atoms with Crippen molar-refractivity contribution < 1.29 is 9.84 Å². The molecular weight excluding hydrogens is 452 g/mol. The summed E-state index contributed by atoms with van der Waals surface area (Å²) in [6, 6.07) is 14.6.